The summed E-state index contributed by atoms with van der Waals surface area (Å²) in [4.78, 5) is 28.8. The third-order valence-corrected chi connectivity index (χ3v) is 7.11. The number of carbonyl (C=O) groups is 2. The first-order chi connectivity index (χ1) is 15.6. The highest BCUT2D eigenvalue weighted by atomic mass is 79.9. The van der Waals surface area contributed by atoms with Gasteiger partial charge in [-0.15, -0.1) is 0 Å². The lowest BCUT2D eigenvalue weighted by atomic mass is 10.0. The van der Waals surface area contributed by atoms with E-state index in [1.54, 1.807) is 42.5 Å². The SMILES string of the molecule is NC(=O)[C@H](Cc1ccccc1)NC(=O)[C@@H](CCCN=C(N)N)NS(=O)(=O)c1ccccc1Br. The zero-order valence-electron chi connectivity index (χ0n) is 17.8. The molecule has 0 aliphatic heterocycles. The summed E-state index contributed by atoms with van der Waals surface area (Å²) in [6.45, 7) is 0.201. The maximum atomic E-state index is 13.0. The van der Waals surface area contributed by atoms with Crippen molar-refractivity contribution in [3.8, 4) is 0 Å². The number of nitrogens with zero attached hydrogens (tertiary/aromatic N) is 1. The number of halogens is 1. The van der Waals surface area contributed by atoms with Crippen molar-refractivity contribution in [3.63, 3.8) is 0 Å². The van der Waals surface area contributed by atoms with Crippen LogP contribution in [0.15, 0.2) is 69.0 Å². The number of hydrogen-bond acceptors (Lipinski definition) is 5. The van der Waals surface area contributed by atoms with Crippen molar-refractivity contribution in [1.82, 2.24) is 10.0 Å². The maximum absolute atomic E-state index is 13.0. The van der Waals surface area contributed by atoms with Crippen LogP contribution in [0.1, 0.15) is 18.4 Å². The van der Waals surface area contributed by atoms with Gasteiger partial charge in [-0.1, -0.05) is 42.5 Å². The van der Waals surface area contributed by atoms with Gasteiger partial charge in [0.15, 0.2) is 5.96 Å². The van der Waals surface area contributed by atoms with Crippen LogP contribution >= 0.6 is 15.9 Å². The summed E-state index contributed by atoms with van der Waals surface area (Å²) in [5.41, 5.74) is 16.9. The van der Waals surface area contributed by atoms with E-state index in [2.05, 4.69) is 31.0 Å². The molecule has 2 atom stereocenters. The molecule has 2 amide bonds. The first-order valence-electron chi connectivity index (χ1n) is 10.1. The molecule has 2 aromatic rings. The number of nitrogens with one attached hydrogen (secondary N) is 2. The van der Waals surface area contributed by atoms with Gasteiger partial charge in [-0.05, 0) is 46.5 Å². The zero-order chi connectivity index (χ0) is 24.4. The first kappa shape index (κ1) is 26.3. The molecule has 0 fully saturated rings. The quantitative estimate of drug-likeness (QED) is 0.147. The molecule has 0 spiro atoms. The predicted molar refractivity (Wildman–Crippen MR) is 129 cm³/mol. The van der Waals surface area contributed by atoms with Crippen LogP contribution in [0.25, 0.3) is 0 Å². The molecule has 8 N–H and O–H groups in total. The highest BCUT2D eigenvalue weighted by Crippen LogP contribution is 2.21. The molecule has 0 aliphatic carbocycles. The van der Waals surface area contributed by atoms with Gasteiger partial charge < -0.3 is 22.5 Å². The van der Waals surface area contributed by atoms with Crippen molar-refractivity contribution in [1.29, 1.82) is 0 Å². The van der Waals surface area contributed by atoms with Gasteiger partial charge in [0.1, 0.15) is 12.1 Å². The van der Waals surface area contributed by atoms with E-state index in [1.807, 2.05) is 6.07 Å². The average Bonchev–Trinajstić information content (AvgIpc) is 2.76. The van der Waals surface area contributed by atoms with Crippen LogP contribution in [0.5, 0.6) is 0 Å². The number of guanidine groups is 1. The van der Waals surface area contributed by atoms with Crippen molar-refractivity contribution in [2.75, 3.05) is 6.54 Å². The summed E-state index contributed by atoms with van der Waals surface area (Å²) in [7, 11) is -4.06. The lowest BCUT2D eigenvalue weighted by Crippen LogP contribution is -2.53. The van der Waals surface area contributed by atoms with Gasteiger partial charge in [-0.25, -0.2) is 8.42 Å². The monoisotopic (exact) mass is 538 g/mol. The van der Waals surface area contributed by atoms with Crippen molar-refractivity contribution < 1.29 is 18.0 Å². The number of sulfonamides is 1. The Hall–Kier alpha value is -2.96. The van der Waals surface area contributed by atoms with Gasteiger partial charge in [0.25, 0.3) is 0 Å². The van der Waals surface area contributed by atoms with Gasteiger partial charge >= 0.3 is 0 Å². The van der Waals surface area contributed by atoms with E-state index in [9.17, 15) is 18.0 Å². The molecule has 0 aliphatic rings. The smallest absolute Gasteiger partial charge is 0.242 e. The van der Waals surface area contributed by atoms with E-state index < -0.39 is 33.9 Å². The standard InChI is InChI=1S/C21H27BrN6O4S/c22-15-9-4-5-11-18(15)33(31,32)28-16(10-6-12-26-21(24)25)20(30)27-17(19(23)29)13-14-7-2-1-3-8-14/h1-5,7-9,11,16-17,28H,6,10,12-13H2,(H2,23,29)(H,27,30)(H4,24,25,26)/t16-,17+/m1/s1. The molecular weight excluding hydrogens is 512 g/mol. The van der Waals surface area contributed by atoms with Crippen LogP contribution in [-0.2, 0) is 26.0 Å². The van der Waals surface area contributed by atoms with Gasteiger partial charge in [-0.2, -0.15) is 4.72 Å². The molecule has 2 rings (SSSR count). The van der Waals surface area contributed by atoms with Crippen LogP contribution in [0.4, 0.5) is 0 Å². The van der Waals surface area contributed by atoms with Crippen LogP contribution in [0, 0.1) is 0 Å². The van der Waals surface area contributed by atoms with Crippen molar-refractivity contribution in [3.05, 3.63) is 64.6 Å². The highest BCUT2D eigenvalue weighted by Gasteiger charge is 2.29. The number of primary amides is 1. The fourth-order valence-corrected chi connectivity index (χ4v) is 5.24. The van der Waals surface area contributed by atoms with Crippen LogP contribution in [0.3, 0.4) is 0 Å². The van der Waals surface area contributed by atoms with Gasteiger partial charge in [0.05, 0.1) is 4.90 Å². The summed E-state index contributed by atoms with van der Waals surface area (Å²) in [5.74, 6) is -1.53. The van der Waals surface area contributed by atoms with E-state index in [0.29, 0.717) is 10.9 Å². The Labute approximate surface area is 201 Å². The first-order valence-corrected chi connectivity index (χ1v) is 12.3. The number of nitrogens with two attached hydrogens (primary N) is 3. The zero-order valence-corrected chi connectivity index (χ0v) is 20.2. The molecule has 0 saturated carbocycles. The summed E-state index contributed by atoms with van der Waals surface area (Å²) in [6, 6.07) is 13.0. The van der Waals surface area contributed by atoms with Crippen molar-refractivity contribution >= 4 is 43.7 Å². The van der Waals surface area contributed by atoms with Gasteiger partial charge in [-0.3, -0.25) is 14.6 Å². The number of hydrogen-bond donors (Lipinski definition) is 5. The minimum Gasteiger partial charge on any atom is -0.370 e. The second-order valence-electron chi connectivity index (χ2n) is 7.21. The van der Waals surface area contributed by atoms with Crippen LogP contribution in [0.2, 0.25) is 0 Å². The van der Waals surface area contributed by atoms with E-state index in [4.69, 9.17) is 17.2 Å². The fraction of sp³-hybridized carbons (Fsp3) is 0.286. The summed E-state index contributed by atoms with van der Waals surface area (Å²) >= 11 is 3.21. The molecule has 33 heavy (non-hydrogen) atoms. The fourth-order valence-electron chi connectivity index (χ4n) is 3.01. The molecule has 0 saturated heterocycles. The summed E-state index contributed by atoms with van der Waals surface area (Å²) in [5, 5.41) is 2.57. The highest BCUT2D eigenvalue weighted by molar-refractivity contribution is 9.10. The molecule has 0 unspecified atom stereocenters. The third-order valence-electron chi connectivity index (χ3n) is 4.63. The van der Waals surface area contributed by atoms with Crippen molar-refractivity contribution in [2.45, 2.75) is 36.2 Å². The number of benzene rings is 2. The van der Waals surface area contributed by atoms with E-state index in [-0.39, 0.29) is 30.2 Å². The molecular formula is C21H27BrN6O4S. The number of amides is 2. The Kier molecular flexibility index (Phi) is 9.82. The minimum atomic E-state index is -4.06. The minimum absolute atomic E-state index is 0.0252. The summed E-state index contributed by atoms with van der Waals surface area (Å²) in [6.07, 6.45) is 0.567. The van der Waals surface area contributed by atoms with E-state index in [1.165, 1.54) is 6.07 Å². The molecule has 0 aromatic heterocycles. The topological polar surface area (TPSA) is 183 Å². The third kappa shape index (κ3) is 8.48. The van der Waals surface area contributed by atoms with E-state index in [0.717, 1.165) is 5.56 Å². The maximum Gasteiger partial charge on any atom is 0.242 e. The lowest BCUT2D eigenvalue weighted by Gasteiger charge is -2.22. The second-order valence-corrected chi connectivity index (χ2v) is 9.74. The van der Waals surface area contributed by atoms with Crippen LogP contribution in [-0.4, -0.2) is 44.8 Å². The molecule has 0 bridgehead atoms. The molecule has 10 nitrogen and oxygen atoms in total. The summed E-state index contributed by atoms with van der Waals surface area (Å²) < 4.78 is 28.6. The lowest BCUT2D eigenvalue weighted by molar-refractivity contribution is -0.128. The molecule has 2 aromatic carbocycles. The van der Waals surface area contributed by atoms with Gasteiger partial charge in [0.2, 0.25) is 21.8 Å². The average molecular weight is 539 g/mol. The Morgan fingerprint density at radius 2 is 1.61 bits per heavy atom. The van der Waals surface area contributed by atoms with Gasteiger partial charge in [0, 0.05) is 17.4 Å². The van der Waals surface area contributed by atoms with Crippen molar-refractivity contribution in [2.24, 2.45) is 22.2 Å². The number of aliphatic imine (C=N–C) groups is 1. The second kappa shape index (κ2) is 12.3. The predicted octanol–water partition coefficient (Wildman–Crippen LogP) is 0.362. The Morgan fingerprint density at radius 1 is 0.970 bits per heavy atom. The molecule has 12 heteroatoms. The molecule has 0 heterocycles. The Bertz CT molecular complexity index is 1090. The largest absolute Gasteiger partial charge is 0.370 e. The van der Waals surface area contributed by atoms with E-state index >= 15 is 0 Å². The number of rotatable bonds is 12. The van der Waals surface area contributed by atoms with Crippen LogP contribution < -0.4 is 27.2 Å². The number of carbonyl (C=O) groups excluding carboxylic acids is 2. The molecule has 0 radical (unpaired) electrons. The Balaban J connectivity index is 2.21. The Morgan fingerprint density at radius 3 is 2.21 bits per heavy atom. The molecule has 178 valence electrons. The normalized spacial score (nSPS) is 13.0.